The lowest BCUT2D eigenvalue weighted by Crippen LogP contribution is -2.38. The molecule has 4 nitrogen and oxygen atoms in total. The Labute approximate surface area is 204 Å². The molecule has 10 heteroatoms. The first-order valence-corrected chi connectivity index (χ1v) is 11.5. The topological polar surface area (TPSA) is 36.3 Å². The van der Waals surface area contributed by atoms with Crippen LogP contribution in [0.15, 0.2) is 60.9 Å². The summed E-state index contributed by atoms with van der Waals surface area (Å²) < 4.78 is 94.1. The molecule has 4 atom stereocenters. The molecule has 1 aromatic heterocycles. The molecule has 0 radical (unpaired) electrons. The maximum Gasteiger partial charge on any atom is 0.416 e. The van der Waals surface area contributed by atoms with Crippen LogP contribution in [-0.4, -0.2) is 22.4 Å². The highest BCUT2D eigenvalue weighted by molar-refractivity contribution is 5.35. The lowest BCUT2D eigenvalue weighted by atomic mass is 9.79. The summed E-state index contributed by atoms with van der Waals surface area (Å²) in [5.74, 6) is 0.598. The standard InChI is InChI=1S/C26H26F6N2O2/c1-16(19-12-20(25(27,28)29)15-21(13-19)26(30,31)32)36-24-23(17-6-4-3-5-7-17)18(8-11-35-24)14-22-33-9-10-34(22)2/h3-7,9-10,12-13,15-16,18,23-24H,8,11,14H2,1-2H3/t16?,18-,23-,24?/m0/s1. The molecule has 0 spiro atoms. The Morgan fingerprint density at radius 2 is 1.67 bits per heavy atom. The van der Waals surface area contributed by atoms with Gasteiger partial charge in [0.05, 0.1) is 23.8 Å². The van der Waals surface area contributed by atoms with Gasteiger partial charge >= 0.3 is 12.4 Å². The Kier molecular flexibility index (Phi) is 7.47. The van der Waals surface area contributed by atoms with Gasteiger partial charge in [0.15, 0.2) is 6.29 Å². The van der Waals surface area contributed by atoms with Crippen LogP contribution in [-0.2, 0) is 35.3 Å². The molecule has 36 heavy (non-hydrogen) atoms. The number of hydrogen-bond donors (Lipinski definition) is 0. The van der Waals surface area contributed by atoms with Crippen LogP contribution in [0.5, 0.6) is 0 Å². The minimum atomic E-state index is -4.93. The van der Waals surface area contributed by atoms with Crippen LogP contribution in [0.4, 0.5) is 26.3 Å². The predicted octanol–water partition coefficient (Wildman–Crippen LogP) is 6.92. The van der Waals surface area contributed by atoms with E-state index in [4.69, 9.17) is 9.47 Å². The molecule has 0 bridgehead atoms. The third-order valence-electron chi connectivity index (χ3n) is 6.54. The van der Waals surface area contributed by atoms with Crippen LogP contribution in [0, 0.1) is 5.92 Å². The van der Waals surface area contributed by atoms with Crippen molar-refractivity contribution in [2.24, 2.45) is 13.0 Å². The molecule has 1 saturated heterocycles. The molecule has 2 unspecified atom stereocenters. The third-order valence-corrected chi connectivity index (χ3v) is 6.54. The van der Waals surface area contributed by atoms with Crippen molar-refractivity contribution in [3.05, 3.63) is 89.0 Å². The van der Waals surface area contributed by atoms with E-state index in [1.165, 1.54) is 6.92 Å². The second-order valence-electron chi connectivity index (χ2n) is 9.00. The number of alkyl halides is 6. The zero-order chi connectivity index (χ0) is 26.1. The molecule has 2 heterocycles. The summed E-state index contributed by atoms with van der Waals surface area (Å²) in [6.45, 7) is 1.77. The van der Waals surface area contributed by atoms with E-state index in [0.717, 1.165) is 11.4 Å². The predicted molar refractivity (Wildman–Crippen MR) is 120 cm³/mol. The molecule has 0 aliphatic carbocycles. The van der Waals surface area contributed by atoms with Crippen molar-refractivity contribution in [2.75, 3.05) is 6.61 Å². The lowest BCUT2D eigenvalue weighted by molar-refractivity contribution is -0.209. The van der Waals surface area contributed by atoms with Crippen molar-refractivity contribution >= 4 is 0 Å². The van der Waals surface area contributed by atoms with Crippen molar-refractivity contribution in [1.29, 1.82) is 0 Å². The molecule has 0 saturated carbocycles. The Bertz CT molecular complexity index is 1130. The maximum atomic E-state index is 13.4. The quantitative estimate of drug-likeness (QED) is 0.336. The minimum absolute atomic E-state index is 0.0340. The molecule has 3 aromatic rings. The number of halogens is 6. The number of benzene rings is 2. The van der Waals surface area contributed by atoms with Gasteiger partial charge in [0, 0.05) is 31.8 Å². The molecular weight excluding hydrogens is 486 g/mol. The average Bonchev–Trinajstić information content (AvgIpc) is 3.22. The van der Waals surface area contributed by atoms with E-state index in [1.807, 2.05) is 48.1 Å². The monoisotopic (exact) mass is 512 g/mol. The molecule has 0 amide bonds. The van der Waals surface area contributed by atoms with Gasteiger partial charge in [-0.05, 0) is 48.6 Å². The van der Waals surface area contributed by atoms with Crippen molar-refractivity contribution in [3.8, 4) is 0 Å². The third kappa shape index (κ3) is 5.92. The fourth-order valence-corrected chi connectivity index (χ4v) is 4.62. The van der Waals surface area contributed by atoms with Crippen molar-refractivity contribution < 1.29 is 35.8 Å². The summed E-state index contributed by atoms with van der Waals surface area (Å²) in [6, 6.07) is 10.9. The number of aryl methyl sites for hydroxylation is 1. The Morgan fingerprint density at radius 3 is 2.22 bits per heavy atom. The Hall–Kier alpha value is -2.85. The summed E-state index contributed by atoms with van der Waals surface area (Å²) in [6.07, 6.45) is -6.97. The lowest BCUT2D eigenvalue weighted by Gasteiger charge is -2.39. The van der Waals surface area contributed by atoms with Crippen LogP contribution < -0.4 is 0 Å². The molecule has 1 aliphatic heterocycles. The molecule has 1 aliphatic rings. The first-order chi connectivity index (χ1) is 16.9. The van der Waals surface area contributed by atoms with Crippen molar-refractivity contribution in [1.82, 2.24) is 9.55 Å². The summed E-state index contributed by atoms with van der Waals surface area (Å²) in [7, 11) is 1.89. The fraction of sp³-hybridized carbons (Fsp3) is 0.423. The second-order valence-corrected chi connectivity index (χ2v) is 9.00. The van der Waals surface area contributed by atoms with Gasteiger partial charge in [0.25, 0.3) is 0 Å². The SMILES string of the molecule is CC(OC1OCC[C@@H](Cc2nccn2C)[C@@H]1c1ccccc1)c1cc(C(F)(F)F)cc(C(F)(F)F)c1. The number of nitrogens with zero attached hydrogens (tertiary/aromatic N) is 2. The van der Waals surface area contributed by atoms with Crippen molar-refractivity contribution in [3.63, 3.8) is 0 Å². The van der Waals surface area contributed by atoms with E-state index < -0.39 is 35.9 Å². The van der Waals surface area contributed by atoms with Crippen molar-refractivity contribution in [2.45, 2.75) is 50.4 Å². The average molecular weight is 512 g/mol. The summed E-state index contributed by atoms with van der Waals surface area (Å²) >= 11 is 0. The van der Waals surface area contributed by atoms with Gasteiger partial charge in [-0.25, -0.2) is 4.98 Å². The number of ether oxygens (including phenoxy) is 2. The minimum Gasteiger partial charge on any atom is -0.352 e. The normalized spacial score (nSPS) is 21.9. The smallest absolute Gasteiger partial charge is 0.352 e. The van der Waals surface area contributed by atoms with E-state index in [2.05, 4.69) is 4.98 Å². The van der Waals surface area contributed by atoms with Gasteiger partial charge in [0.1, 0.15) is 5.82 Å². The highest BCUT2D eigenvalue weighted by Crippen LogP contribution is 2.42. The molecule has 194 valence electrons. The highest BCUT2D eigenvalue weighted by Gasteiger charge is 2.40. The van der Waals surface area contributed by atoms with E-state index in [9.17, 15) is 26.3 Å². The zero-order valence-corrected chi connectivity index (χ0v) is 19.7. The van der Waals surface area contributed by atoms with Gasteiger partial charge in [-0.1, -0.05) is 30.3 Å². The van der Waals surface area contributed by atoms with Gasteiger partial charge < -0.3 is 14.0 Å². The van der Waals surface area contributed by atoms with E-state index in [1.54, 1.807) is 6.20 Å². The number of hydrogen-bond acceptors (Lipinski definition) is 3. The summed E-state index contributed by atoms with van der Waals surface area (Å²) in [4.78, 5) is 4.41. The van der Waals surface area contributed by atoms with Gasteiger partial charge in [-0.15, -0.1) is 0 Å². The van der Waals surface area contributed by atoms with Crippen LogP contribution >= 0.6 is 0 Å². The summed E-state index contributed by atoms with van der Waals surface area (Å²) in [5.41, 5.74) is -2.06. The first kappa shape index (κ1) is 26.2. The fourth-order valence-electron chi connectivity index (χ4n) is 4.62. The Morgan fingerprint density at radius 1 is 1.03 bits per heavy atom. The molecular formula is C26H26F6N2O2. The number of imidazole rings is 1. The van der Waals surface area contributed by atoms with Gasteiger partial charge in [0.2, 0.25) is 0 Å². The number of aromatic nitrogens is 2. The van der Waals surface area contributed by atoms with Gasteiger partial charge in [-0.2, -0.15) is 26.3 Å². The summed E-state index contributed by atoms with van der Waals surface area (Å²) in [5, 5.41) is 0. The van der Waals surface area contributed by atoms with E-state index >= 15 is 0 Å². The van der Waals surface area contributed by atoms with Crippen LogP contribution in [0.1, 0.15) is 53.4 Å². The van der Waals surface area contributed by atoms with Crippen LogP contribution in [0.3, 0.4) is 0 Å². The molecule has 4 rings (SSSR count). The van der Waals surface area contributed by atoms with E-state index in [0.29, 0.717) is 31.6 Å². The van der Waals surface area contributed by atoms with Gasteiger partial charge in [-0.3, -0.25) is 0 Å². The largest absolute Gasteiger partial charge is 0.416 e. The second kappa shape index (κ2) is 10.3. The Balaban J connectivity index is 1.65. The van der Waals surface area contributed by atoms with Crippen LogP contribution in [0.25, 0.3) is 0 Å². The first-order valence-electron chi connectivity index (χ1n) is 11.5. The van der Waals surface area contributed by atoms with E-state index in [-0.39, 0.29) is 23.5 Å². The van der Waals surface area contributed by atoms with Crippen LogP contribution in [0.2, 0.25) is 0 Å². The maximum absolute atomic E-state index is 13.4. The molecule has 2 aromatic carbocycles. The molecule has 1 fully saturated rings. The highest BCUT2D eigenvalue weighted by atomic mass is 19.4. The zero-order valence-electron chi connectivity index (χ0n) is 19.7. The molecule has 0 N–H and O–H groups in total. The number of rotatable bonds is 6.